The lowest BCUT2D eigenvalue weighted by atomic mass is 9.78. The lowest BCUT2D eigenvalue weighted by molar-refractivity contribution is -0.130. The van der Waals surface area contributed by atoms with E-state index >= 15 is 0 Å². The first-order valence-corrected chi connectivity index (χ1v) is 9.21. The smallest absolute Gasteiger partial charge is 0.265 e. The zero-order chi connectivity index (χ0) is 18.4. The van der Waals surface area contributed by atoms with Gasteiger partial charge in [0.1, 0.15) is 9.71 Å². The number of carbonyl (C=O) groups excluding carboxylic acids is 2. The Morgan fingerprint density at radius 1 is 1.36 bits per heavy atom. The Labute approximate surface area is 151 Å². The Morgan fingerprint density at radius 2 is 2.08 bits per heavy atom. The lowest BCUT2D eigenvalue weighted by Gasteiger charge is -2.39. The summed E-state index contributed by atoms with van der Waals surface area (Å²) in [6, 6.07) is 3.94. The summed E-state index contributed by atoms with van der Waals surface area (Å²) in [5.41, 5.74) is 7.44. The number of hydrogen-bond acceptors (Lipinski definition) is 5. The van der Waals surface area contributed by atoms with Crippen molar-refractivity contribution in [1.82, 2.24) is 14.8 Å². The molecule has 2 N–H and O–H groups in total. The molecular weight excluding hydrogens is 336 g/mol. The van der Waals surface area contributed by atoms with Crippen LogP contribution in [0.1, 0.15) is 42.1 Å². The van der Waals surface area contributed by atoms with Gasteiger partial charge in [0.15, 0.2) is 0 Å². The largest absolute Gasteiger partial charge is 0.397 e. The molecule has 1 saturated heterocycles. The molecule has 0 bridgehead atoms. The minimum Gasteiger partial charge on any atom is -0.397 e. The Balaban J connectivity index is 2.01. The van der Waals surface area contributed by atoms with Gasteiger partial charge in [0, 0.05) is 50.6 Å². The molecule has 0 unspecified atom stereocenters. The lowest BCUT2D eigenvalue weighted by Crippen LogP contribution is -2.46. The molecule has 6 nitrogen and oxygen atoms in total. The van der Waals surface area contributed by atoms with Gasteiger partial charge in [-0.2, -0.15) is 0 Å². The molecule has 1 fully saturated rings. The van der Waals surface area contributed by atoms with E-state index in [4.69, 9.17) is 10.7 Å². The van der Waals surface area contributed by atoms with Crippen LogP contribution in [0, 0.1) is 0 Å². The second kappa shape index (κ2) is 6.29. The van der Waals surface area contributed by atoms with Crippen molar-refractivity contribution in [1.29, 1.82) is 0 Å². The fraction of sp³-hybridized carbons (Fsp3) is 0.500. The van der Waals surface area contributed by atoms with Crippen LogP contribution in [0.25, 0.3) is 10.2 Å². The molecule has 3 heterocycles. The second-order valence-electron chi connectivity index (χ2n) is 7.20. The molecule has 1 aliphatic heterocycles. The standard InChI is InChI=1S/C18H24N4O2S/c1-11(23)22-9-5-8-18(2,10-22)13-7-6-12-14(19)15(17(24)21(3)4)25-16(12)20-13/h6-7H,5,8-10,19H2,1-4H3/t18-/m0/s1. The van der Waals surface area contributed by atoms with Crippen LogP contribution in [0.2, 0.25) is 0 Å². The number of piperidine rings is 1. The predicted octanol–water partition coefficient (Wildman–Crippen LogP) is 2.48. The Kier molecular flexibility index (Phi) is 4.45. The fourth-order valence-electron chi connectivity index (χ4n) is 3.41. The van der Waals surface area contributed by atoms with Crippen LogP contribution in [0.15, 0.2) is 12.1 Å². The van der Waals surface area contributed by atoms with E-state index in [9.17, 15) is 9.59 Å². The molecule has 2 amide bonds. The van der Waals surface area contributed by atoms with Crippen molar-refractivity contribution in [3.05, 3.63) is 22.7 Å². The summed E-state index contributed by atoms with van der Waals surface area (Å²) in [4.78, 5) is 33.6. The Bertz CT molecular complexity index is 845. The molecule has 25 heavy (non-hydrogen) atoms. The minimum absolute atomic E-state index is 0.103. The first kappa shape index (κ1) is 17.7. The van der Waals surface area contributed by atoms with Crippen molar-refractivity contribution in [2.45, 2.75) is 32.1 Å². The second-order valence-corrected chi connectivity index (χ2v) is 8.20. The van der Waals surface area contributed by atoms with Crippen LogP contribution in [0.5, 0.6) is 0 Å². The van der Waals surface area contributed by atoms with E-state index in [0.717, 1.165) is 35.3 Å². The predicted molar refractivity (Wildman–Crippen MR) is 101 cm³/mol. The topological polar surface area (TPSA) is 79.5 Å². The molecule has 2 aromatic heterocycles. The number of likely N-dealkylation sites (tertiary alicyclic amines) is 1. The molecule has 0 radical (unpaired) electrons. The normalized spacial score (nSPS) is 20.7. The number of nitrogen functional groups attached to an aromatic ring is 1. The number of rotatable bonds is 2. The summed E-state index contributed by atoms with van der Waals surface area (Å²) in [7, 11) is 3.43. The van der Waals surface area contributed by atoms with Crippen molar-refractivity contribution >= 4 is 39.1 Å². The third kappa shape index (κ3) is 3.08. The van der Waals surface area contributed by atoms with Gasteiger partial charge in [0.25, 0.3) is 5.91 Å². The summed E-state index contributed by atoms with van der Waals surface area (Å²) in [6.07, 6.45) is 1.95. The SMILES string of the molecule is CC(=O)N1CCC[C@](C)(c2ccc3c(N)c(C(=O)N(C)C)sc3n2)C1. The van der Waals surface area contributed by atoms with Crippen molar-refractivity contribution in [2.75, 3.05) is 32.9 Å². The fourth-order valence-corrected chi connectivity index (χ4v) is 4.53. The molecule has 1 atom stereocenters. The maximum absolute atomic E-state index is 12.3. The third-order valence-electron chi connectivity index (χ3n) is 4.95. The number of carbonyl (C=O) groups is 2. The molecule has 0 saturated carbocycles. The van der Waals surface area contributed by atoms with E-state index < -0.39 is 0 Å². The number of nitrogens with two attached hydrogens (primary N) is 1. The van der Waals surface area contributed by atoms with Crippen LogP contribution in [0.3, 0.4) is 0 Å². The van der Waals surface area contributed by atoms with Crippen molar-refractivity contribution in [2.24, 2.45) is 0 Å². The summed E-state index contributed by atoms with van der Waals surface area (Å²) < 4.78 is 0. The van der Waals surface area contributed by atoms with Crippen LogP contribution in [-0.4, -0.2) is 53.8 Å². The number of fused-ring (bicyclic) bond motifs is 1. The summed E-state index contributed by atoms with van der Waals surface area (Å²) in [6.45, 7) is 5.24. The van der Waals surface area contributed by atoms with Gasteiger partial charge >= 0.3 is 0 Å². The average molecular weight is 360 g/mol. The van der Waals surface area contributed by atoms with Crippen LogP contribution in [0.4, 0.5) is 5.69 Å². The van der Waals surface area contributed by atoms with E-state index in [1.165, 1.54) is 16.2 Å². The number of anilines is 1. The molecule has 7 heteroatoms. The monoisotopic (exact) mass is 360 g/mol. The number of hydrogen-bond donors (Lipinski definition) is 1. The average Bonchev–Trinajstić information content (AvgIpc) is 2.90. The van der Waals surface area contributed by atoms with E-state index in [1.54, 1.807) is 21.0 Å². The van der Waals surface area contributed by atoms with E-state index in [2.05, 4.69) is 6.92 Å². The molecule has 0 spiro atoms. The molecule has 3 rings (SSSR count). The number of nitrogens with zero attached hydrogens (tertiary/aromatic N) is 3. The first-order chi connectivity index (χ1) is 11.7. The minimum atomic E-state index is -0.178. The quantitative estimate of drug-likeness (QED) is 0.892. The summed E-state index contributed by atoms with van der Waals surface area (Å²) >= 11 is 1.34. The Morgan fingerprint density at radius 3 is 2.72 bits per heavy atom. The van der Waals surface area contributed by atoms with Gasteiger partial charge in [0.2, 0.25) is 5.91 Å². The highest BCUT2D eigenvalue weighted by Gasteiger charge is 2.35. The molecule has 1 aliphatic rings. The maximum atomic E-state index is 12.3. The van der Waals surface area contributed by atoms with Gasteiger partial charge in [0.05, 0.1) is 5.69 Å². The zero-order valence-electron chi connectivity index (χ0n) is 15.1. The van der Waals surface area contributed by atoms with Crippen LogP contribution in [-0.2, 0) is 10.2 Å². The maximum Gasteiger partial charge on any atom is 0.265 e. The Hall–Kier alpha value is -2.15. The molecular formula is C18H24N4O2S. The van der Waals surface area contributed by atoms with Gasteiger partial charge in [-0.3, -0.25) is 9.59 Å². The van der Waals surface area contributed by atoms with Crippen LogP contribution < -0.4 is 5.73 Å². The molecule has 0 aromatic carbocycles. The highest BCUT2D eigenvalue weighted by atomic mass is 32.1. The number of thiophene rings is 1. The summed E-state index contributed by atoms with van der Waals surface area (Å²) in [5, 5.41) is 0.821. The zero-order valence-corrected chi connectivity index (χ0v) is 15.9. The van der Waals surface area contributed by atoms with Gasteiger partial charge in [-0.25, -0.2) is 4.98 Å². The van der Waals surface area contributed by atoms with Gasteiger partial charge in [-0.1, -0.05) is 6.92 Å². The number of amides is 2. The number of aromatic nitrogens is 1. The molecule has 2 aromatic rings. The van der Waals surface area contributed by atoms with Gasteiger partial charge in [-0.05, 0) is 25.0 Å². The number of pyridine rings is 1. The first-order valence-electron chi connectivity index (χ1n) is 8.39. The molecule has 0 aliphatic carbocycles. The summed E-state index contributed by atoms with van der Waals surface area (Å²) in [5.74, 6) is -0.0000741. The molecule has 134 valence electrons. The van der Waals surface area contributed by atoms with Gasteiger partial charge < -0.3 is 15.5 Å². The van der Waals surface area contributed by atoms with Gasteiger partial charge in [-0.15, -0.1) is 11.3 Å². The van der Waals surface area contributed by atoms with Crippen LogP contribution >= 0.6 is 11.3 Å². The highest BCUT2D eigenvalue weighted by Crippen LogP contribution is 2.37. The third-order valence-corrected chi connectivity index (χ3v) is 6.06. The van der Waals surface area contributed by atoms with E-state index in [-0.39, 0.29) is 17.2 Å². The van der Waals surface area contributed by atoms with E-state index in [0.29, 0.717) is 17.1 Å². The van der Waals surface area contributed by atoms with E-state index in [1.807, 2.05) is 17.0 Å². The van der Waals surface area contributed by atoms with Crippen molar-refractivity contribution < 1.29 is 9.59 Å². The van der Waals surface area contributed by atoms with Crippen molar-refractivity contribution in [3.63, 3.8) is 0 Å². The highest BCUT2D eigenvalue weighted by molar-refractivity contribution is 7.21. The van der Waals surface area contributed by atoms with Crippen molar-refractivity contribution in [3.8, 4) is 0 Å².